The number of carbonyl (C=O) groups excluding carboxylic acids is 1. The largest absolute Gasteiger partial charge is 0.392 e. The maximum Gasteiger partial charge on any atom is 0.237 e. The molecular weight excluding hydrogens is 302 g/mol. The first-order chi connectivity index (χ1) is 8.06. The highest BCUT2D eigenvalue weighted by atomic mass is 79.9. The van der Waals surface area contributed by atoms with Gasteiger partial charge >= 0.3 is 0 Å². The number of pyridine rings is 1. The summed E-state index contributed by atoms with van der Waals surface area (Å²) in [5.74, 6) is -0.122. The van der Waals surface area contributed by atoms with Gasteiger partial charge in [-0.25, -0.2) is 0 Å². The van der Waals surface area contributed by atoms with Crippen molar-refractivity contribution < 1.29 is 4.79 Å². The molecule has 0 spiro atoms. The van der Waals surface area contributed by atoms with E-state index in [1.165, 1.54) is 0 Å². The number of hydrogen-bond acceptors (Lipinski definition) is 3. The summed E-state index contributed by atoms with van der Waals surface area (Å²) < 4.78 is 0.741. The molecule has 90 valence electrons. The van der Waals surface area contributed by atoms with E-state index in [4.69, 9.17) is 18.0 Å². The van der Waals surface area contributed by atoms with Gasteiger partial charge in [-0.3, -0.25) is 9.78 Å². The first-order valence-electron chi connectivity index (χ1n) is 5.27. The maximum atomic E-state index is 12.2. The number of amides is 1. The Balaban J connectivity index is 2.17. The smallest absolute Gasteiger partial charge is 0.237 e. The standard InChI is InChI=1S/C11H12BrN3OS/c12-7-6-14-5-2-8(7)15-10(16)11(9(13)17)3-1-4-11/h2,5-6H,1,3-4H2,(H2,13,17)(H,14,15,16). The SMILES string of the molecule is NC(=S)C1(C(=O)Nc2ccncc2Br)CCC1. The Morgan fingerprint density at radius 2 is 2.29 bits per heavy atom. The van der Waals surface area contributed by atoms with Crippen LogP contribution in [0.5, 0.6) is 0 Å². The van der Waals surface area contributed by atoms with Crippen molar-refractivity contribution in [3.05, 3.63) is 22.9 Å². The Kier molecular flexibility index (Phi) is 3.44. The molecule has 2 rings (SSSR count). The molecule has 0 radical (unpaired) electrons. The van der Waals surface area contributed by atoms with Crippen LogP contribution in [-0.4, -0.2) is 15.9 Å². The van der Waals surface area contributed by atoms with Crippen LogP contribution in [0.25, 0.3) is 0 Å². The lowest BCUT2D eigenvalue weighted by Gasteiger charge is -2.39. The number of hydrogen-bond donors (Lipinski definition) is 2. The summed E-state index contributed by atoms with van der Waals surface area (Å²) in [6.45, 7) is 0. The molecule has 1 aliphatic carbocycles. The van der Waals surface area contributed by atoms with E-state index in [1.54, 1.807) is 18.5 Å². The van der Waals surface area contributed by atoms with Gasteiger partial charge < -0.3 is 11.1 Å². The molecule has 1 aliphatic rings. The normalized spacial score (nSPS) is 17.0. The third kappa shape index (κ3) is 2.19. The molecule has 1 saturated carbocycles. The molecule has 1 fully saturated rings. The van der Waals surface area contributed by atoms with Gasteiger partial charge in [0.15, 0.2) is 0 Å². The number of thiocarbonyl (C=S) groups is 1. The molecule has 4 nitrogen and oxygen atoms in total. The van der Waals surface area contributed by atoms with E-state index in [9.17, 15) is 4.79 Å². The molecule has 1 amide bonds. The topological polar surface area (TPSA) is 68.0 Å². The first kappa shape index (κ1) is 12.4. The zero-order chi connectivity index (χ0) is 12.5. The van der Waals surface area contributed by atoms with Crippen molar-refractivity contribution in [2.24, 2.45) is 11.1 Å². The average Bonchev–Trinajstić information content (AvgIpc) is 2.19. The quantitative estimate of drug-likeness (QED) is 0.840. The summed E-state index contributed by atoms with van der Waals surface area (Å²) >= 11 is 8.33. The van der Waals surface area contributed by atoms with Gasteiger partial charge in [-0.2, -0.15) is 0 Å². The summed E-state index contributed by atoms with van der Waals surface area (Å²) in [6.07, 6.45) is 5.70. The highest BCUT2D eigenvalue weighted by Gasteiger charge is 2.47. The van der Waals surface area contributed by atoms with Gasteiger partial charge in [0, 0.05) is 12.4 Å². The first-order valence-corrected chi connectivity index (χ1v) is 6.47. The van der Waals surface area contributed by atoms with E-state index in [0.29, 0.717) is 5.69 Å². The lowest BCUT2D eigenvalue weighted by molar-refractivity contribution is -0.125. The van der Waals surface area contributed by atoms with Crippen LogP contribution in [0.1, 0.15) is 19.3 Å². The van der Waals surface area contributed by atoms with Crippen molar-refractivity contribution in [1.29, 1.82) is 0 Å². The van der Waals surface area contributed by atoms with Crippen molar-refractivity contribution in [1.82, 2.24) is 4.98 Å². The summed E-state index contributed by atoms with van der Waals surface area (Å²) in [4.78, 5) is 16.4. The van der Waals surface area contributed by atoms with E-state index >= 15 is 0 Å². The number of aromatic nitrogens is 1. The highest BCUT2D eigenvalue weighted by Crippen LogP contribution is 2.42. The predicted octanol–water partition coefficient (Wildman–Crippen LogP) is 2.24. The van der Waals surface area contributed by atoms with Gasteiger partial charge in [0.1, 0.15) is 0 Å². The molecule has 0 bridgehead atoms. The number of rotatable bonds is 3. The number of carbonyl (C=O) groups is 1. The molecule has 0 atom stereocenters. The molecule has 0 unspecified atom stereocenters. The van der Waals surface area contributed by atoms with Crippen LogP contribution in [0.15, 0.2) is 22.9 Å². The number of nitrogens with one attached hydrogen (secondary N) is 1. The van der Waals surface area contributed by atoms with Crippen LogP contribution < -0.4 is 11.1 Å². The fraction of sp³-hybridized carbons (Fsp3) is 0.364. The van der Waals surface area contributed by atoms with Crippen molar-refractivity contribution in [3.63, 3.8) is 0 Å². The molecule has 17 heavy (non-hydrogen) atoms. The minimum atomic E-state index is -0.655. The van der Waals surface area contributed by atoms with Gasteiger partial charge in [-0.1, -0.05) is 18.6 Å². The van der Waals surface area contributed by atoms with E-state index in [-0.39, 0.29) is 10.9 Å². The van der Waals surface area contributed by atoms with Crippen LogP contribution in [0.3, 0.4) is 0 Å². The Labute approximate surface area is 113 Å². The molecule has 1 heterocycles. The molecule has 6 heteroatoms. The predicted molar refractivity (Wildman–Crippen MR) is 73.6 cm³/mol. The molecule has 0 aliphatic heterocycles. The fourth-order valence-corrected chi connectivity index (χ4v) is 2.48. The summed E-state index contributed by atoms with van der Waals surface area (Å²) in [6, 6.07) is 1.73. The fourth-order valence-electron chi connectivity index (χ4n) is 1.83. The summed E-state index contributed by atoms with van der Waals surface area (Å²) in [5.41, 5.74) is 5.70. The summed E-state index contributed by atoms with van der Waals surface area (Å²) in [7, 11) is 0. The van der Waals surface area contributed by atoms with Crippen molar-refractivity contribution in [2.75, 3.05) is 5.32 Å². The van der Waals surface area contributed by atoms with E-state index < -0.39 is 5.41 Å². The van der Waals surface area contributed by atoms with Crippen LogP contribution >= 0.6 is 28.1 Å². The van der Waals surface area contributed by atoms with E-state index in [1.807, 2.05) is 0 Å². The maximum absolute atomic E-state index is 12.2. The Bertz CT molecular complexity index is 474. The average molecular weight is 314 g/mol. The van der Waals surface area contributed by atoms with Crippen molar-refractivity contribution in [2.45, 2.75) is 19.3 Å². The van der Waals surface area contributed by atoms with Gasteiger partial charge in [0.25, 0.3) is 0 Å². The van der Waals surface area contributed by atoms with Crippen LogP contribution in [0.2, 0.25) is 0 Å². The van der Waals surface area contributed by atoms with Gasteiger partial charge in [0.05, 0.1) is 20.6 Å². The second kappa shape index (κ2) is 4.70. The Morgan fingerprint density at radius 1 is 1.59 bits per heavy atom. The van der Waals surface area contributed by atoms with Crippen LogP contribution in [-0.2, 0) is 4.79 Å². The molecule has 3 N–H and O–H groups in total. The number of nitrogens with two attached hydrogens (primary N) is 1. The second-order valence-electron chi connectivity index (χ2n) is 4.11. The Hall–Kier alpha value is -1.01. The number of nitrogens with zero attached hydrogens (tertiary/aromatic N) is 1. The molecule has 0 saturated heterocycles. The molecule has 1 aromatic heterocycles. The third-order valence-corrected chi connectivity index (χ3v) is 4.16. The minimum Gasteiger partial charge on any atom is -0.392 e. The van der Waals surface area contributed by atoms with Gasteiger partial charge in [-0.05, 0) is 34.8 Å². The zero-order valence-corrected chi connectivity index (χ0v) is 11.5. The Morgan fingerprint density at radius 3 is 2.76 bits per heavy atom. The minimum absolute atomic E-state index is 0.122. The lowest BCUT2D eigenvalue weighted by Crippen LogP contribution is -2.50. The van der Waals surface area contributed by atoms with Crippen molar-refractivity contribution in [3.8, 4) is 0 Å². The van der Waals surface area contributed by atoms with Gasteiger partial charge in [0.2, 0.25) is 5.91 Å². The second-order valence-corrected chi connectivity index (χ2v) is 5.40. The zero-order valence-electron chi connectivity index (χ0n) is 9.07. The molecular formula is C11H12BrN3OS. The van der Waals surface area contributed by atoms with Crippen LogP contribution in [0.4, 0.5) is 5.69 Å². The van der Waals surface area contributed by atoms with E-state index in [0.717, 1.165) is 23.7 Å². The molecule has 1 aromatic rings. The van der Waals surface area contributed by atoms with Crippen molar-refractivity contribution >= 4 is 44.7 Å². The molecule has 0 aromatic carbocycles. The third-order valence-electron chi connectivity index (χ3n) is 3.13. The lowest BCUT2D eigenvalue weighted by atomic mass is 9.68. The highest BCUT2D eigenvalue weighted by molar-refractivity contribution is 9.10. The number of anilines is 1. The van der Waals surface area contributed by atoms with Crippen LogP contribution in [0, 0.1) is 5.41 Å². The summed E-state index contributed by atoms with van der Waals surface area (Å²) in [5, 5.41) is 2.84. The number of halogens is 1. The van der Waals surface area contributed by atoms with E-state index in [2.05, 4.69) is 26.2 Å². The van der Waals surface area contributed by atoms with Gasteiger partial charge in [-0.15, -0.1) is 0 Å². The monoisotopic (exact) mass is 313 g/mol.